The number of carbonyl (C=O) groups excluding carboxylic acids is 1. The second kappa shape index (κ2) is 9.62. The van der Waals surface area contributed by atoms with Crippen molar-refractivity contribution in [3.05, 3.63) is 24.3 Å². The number of fused-ring (bicyclic) bond motifs is 1. The number of thioether (sulfide) groups is 2. The first kappa shape index (κ1) is 19.5. The lowest BCUT2D eigenvalue weighted by atomic mass is 10.2. The smallest absolute Gasteiger partial charge is 0.237 e. The number of rotatable bonds is 7. The third-order valence-corrected chi connectivity index (χ3v) is 7.31. The molecule has 1 amide bonds. The van der Waals surface area contributed by atoms with Crippen LogP contribution in [-0.4, -0.2) is 40.2 Å². The Morgan fingerprint density at radius 3 is 3.08 bits per heavy atom. The van der Waals surface area contributed by atoms with Crippen LogP contribution in [-0.2, 0) is 4.79 Å². The summed E-state index contributed by atoms with van der Waals surface area (Å²) in [6.45, 7) is 6.06. The number of benzene rings is 1. The zero-order chi connectivity index (χ0) is 18.4. The van der Waals surface area contributed by atoms with Gasteiger partial charge in [-0.1, -0.05) is 55.5 Å². The van der Waals surface area contributed by atoms with Gasteiger partial charge in [0.2, 0.25) is 11.0 Å². The van der Waals surface area contributed by atoms with E-state index in [9.17, 15) is 4.79 Å². The first-order chi connectivity index (χ1) is 12.7. The average Bonchev–Trinajstić information content (AvgIpc) is 3.02. The maximum absolute atomic E-state index is 12.8. The van der Waals surface area contributed by atoms with Gasteiger partial charge in [0.1, 0.15) is 0 Å². The van der Waals surface area contributed by atoms with Crippen molar-refractivity contribution >= 4 is 51.6 Å². The van der Waals surface area contributed by atoms with Crippen LogP contribution >= 0.6 is 34.9 Å². The molecule has 26 heavy (non-hydrogen) atoms. The molecule has 0 aliphatic carbocycles. The summed E-state index contributed by atoms with van der Waals surface area (Å²) in [5.41, 5.74) is 1.03. The largest absolute Gasteiger partial charge is 0.360 e. The SMILES string of the molecule is CCCCNc1nnc(SCC(=O)N2CCC(C)Sc3ccccc32)s1. The van der Waals surface area contributed by atoms with Gasteiger partial charge in [-0.25, -0.2) is 0 Å². The van der Waals surface area contributed by atoms with E-state index in [0.717, 1.165) is 47.5 Å². The van der Waals surface area contributed by atoms with Crippen molar-refractivity contribution in [3.8, 4) is 0 Å². The van der Waals surface area contributed by atoms with Crippen LogP contribution in [0.2, 0.25) is 0 Å². The summed E-state index contributed by atoms with van der Waals surface area (Å²) < 4.78 is 0.836. The minimum Gasteiger partial charge on any atom is -0.360 e. The Hall–Kier alpha value is -1.25. The monoisotopic (exact) mass is 408 g/mol. The Balaban J connectivity index is 1.60. The van der Waals surface area contributed by atoms with E-state index >= 15 is 0 Å². The van der Waals surface area contributed by atoms with Crippen molar-refractivity contribution in [1.29, 1.82) is 0 Å². The van der Waals surface area contributed by atoms with Crippen LogP contribution in [0.4, 0.5) is 10.8 Å². The molecule has 2 aromatic rings. The van der Waals surface area contributed by atoms with Gasteiger partial charge in [0.25, 0.3) is 0 Å². The van der Waals surface area contributed by atoms with Gasteiger partial charge in [0, 0.05) is 23.2 Å². The third-order valence-electron chi connectivity index (χ3n) is 4.08. The number of aromatic nitrogens is 2. The number of amides is 1. The second-order valence-corrected chi connectivity index (χ2v) is 9.85. The van der Waals surface area contributed by atoms with Gasteiger partial charge in [-0.05, 0) is 25.0 Å². The highest BCUT2D eigenvalue weighted by molar-refractivity contribution is 8.01. The summed E-state index contributed by atoms with van der Waals surface area (Å²) in [5, 5.41) is 13.0. The molecule has 0 radical (unpaired) electrons. The molecule has 0 bridgehead atoms. The summed E-state index contributed by atoms with van der Waals surface area (Å²) >= 11 is 4.84. The van der Waals surface area contributed by atoms with Crippen LogP contribution in [0.25, 0.3) is 0 Å². The molecule has 0 saturated heterocycles. The normalized spacial score (nSPS) is 16.8. The zero-order valence-electron chi connectivity index (χ0n) is 15.1. The van der Waals surface area contributed by atoms with Crippen LogP contribution in [0.15, 0.2) is 33.5 Å². The molecule has 1 aromatic carbocycles. The minimum absolute atomic E-state index is 0.132. The van der Waals surface area contributed by atoms with Gasteiger partial charge < -0.3 is 10.2 Å². The molecule has 1 atom stereocenters. The Morgan fingerprint density at radius 2 is 2.23 bits per heavy atom. The van der Waals surface area contributed by atoms with E-state index in [0.29, 0.717) is 11.0 Å². The highest BCUT2D eigenvalue weighted by Crippen LogP contribution is 2.37. The number of hydrogen-bond donors (Lipinski definition) is 1. The zero-order valence-corrected chi connectivity index (χ0v) is 17.6. The summed E-state index contributed by atoms with van der Waals surface area (Å²) in [7, 11) is 0. The maximum Gasteiger partial charge on any atom is 0.237 e. The van der Waals surface area contributed by atoms with E-state index in [1.165, 1.54) is 28.0 Å². The Bertz CT molecular complexity index is 737. The lowest BCUT2D eigenvalue weighted by Gasteiger charge is -2.22. The Kier molecular flexibility index (Phi) is 7.22. The third kappa shape index (κ3) is 5.14. The van der Waals surface area contributed by atoms with Crippen molar-refractivity contribution in [2.45, 2.75) is 47.6 Å². The Morgan fingerprint density at radius 1 is 1.38 bits per heavy atom. The minimum atomic E-state index is 0.132. The highest BCUT2D eigenvalue weighted by atomic mass is 32.2. The van der Waals surface area contributed by atoms with Gasteiger partial charge in [0.05, 0.1) is 11.4 Å². The summed E-state index contributed by atoms with van der Waals surface area (Å²) in [5.74, 6) is 0.518. The van der Waals surface area contributed by atoms with Gasteiger partial charge in [-0.3, -0.25) is 4.79 Å². The topological polar surface area (TPSA) is 58.1 Å². The number of anilines is 2. The number of carbonyl (C=O) groups is 1. The standard InChI is InChI=1S/C18H24N4OS3/c1-3-4-10-19-17-20-21-18(26-17)24-12-16(23)22-11-9-13(2)25-15-8-6-5-7-14(15)22/h5-8,13H,3-4,9-12H2,1-2H3,(H,19,20). The van der Waals surface area contributed by atoms with Crippen LogP contribution in [0.3, 0.4) is 0 Å². The lowest BCUT2D eigenvalue weighted by Crippen LogP contribution is -2.33. The van der Waals surface area contributed by atoms with Crippen LogP contribution in [0.1, 0.15) is 33.1 Å². The summed E-state index contributed by atoms with van der Waals surface area (Å²) in [4.78, 5) is 16.0. The predicted molar refractivity (Wildman–Crippen MR) is 113 cm³/mol. The molecule has 1 aliphatic rings. The van der Waals surface area contributed by atoms with E-state index in [-0.39, 0.29) is 5.91 Å². The molecule has 0 spiro atoms. The predicted octanol–water partition coefficient (Wildman–Crippen LogP) is 4.76. The molecular formula is C18H24N4OS3. The van der Waals surface area contributed by atoms with Crippen molar-refractivity contribution in [2.24, 2.45) is 0 Å². The number of unbranched alkanes of at least 4 members (excludes halogenated alkanes) is 1. The molecule has 1 unspecified atom stereocenters. The van der Waals surface area contributed by atoms with Crippen molar-refractivity contribution < 1.29 is 4.79 Å². The van der Waals surface area contributed by atoms with E-state index in [1.54, 1.807) is 0 Å². The average molecular weight is 409 g/mol. The Labute approximate surface area is 167 Å². The van der Waals surface area contributed by atoms with Gasteiger partial charge >= 0.3 is 0 Å². The molecule has 1 N–H and O–H groups in total. The molecule has 1 aromatic heterocycles. The molecular weight excluding hydrogens is 384 g/mol. The highest BCUT2D eigenvalue weighted by Gasteiger charge is 2.24. The molecule has 1 aliphatic heterocycles. The maximum atomic E-state index is 12.8. The fourth-order valence-electron chi connectivity index (χ4n) is 2.66. The summed E-state index contributed by atoms with van der Waals surface area (Å²) in [6, 6.07) is 8.19. The molecule has 8 heteroatoms. The lowest BCUT2D eigenvalue weighted by molar-refractivity contribution is -0.116. The molecule has 140 valence electrons. The summed E-state index contributed by atoms with van der Waals surface area (Å²) in [6.07, 6.45) is 3.27. The number of nitrogens with zero attached hydrogens (tertiary/aromatic N) is 3. The number of nitrogens with one attached hydrogen (secondary N) is 1. The van der Waals surface area contributed by atoms with Gasteiger partial charge in [0.15, 0.2) is 4.34 Å². The second-order valence-electron chi connectivity index (χ2n) is 6.17. The van der Waals surface area contributed by atoms with Crippen molar-refractivity contribution in [2.75, 3.05) is 29.1 Å². The quantitative estimate of drug-likeness (QED) is 0.526. The van der Waals surface area contributed by atoms with Crippen LogP contribution in [0, 0.1) is 0 Å². The van der Waals surface area contributed by atoms with E-state index in [2.05, 4.69) is 35.4 Å². The van der Waals surface area contributed by atoms with E-state index in [4.69, 9.17) is 0 Å². The van der Waals surface area contributed by atoms with Crippen LogP contribution < -0.4 is 10.2 Å². The fraction of sp³-hybridized carbons (Fsp3) is 0.500. The molecule has 0 saturated carbocycles. The van der Waals surface area contributed by atoms with E-state index in [1.807, 2.05) is 34.9 Å². The molecule has 2 heterocycles. The van der Waals surface area contributed by atoms with Gasteiger partial charge in [-0.2, -0.15) is 0 Å². The van der Waals surface area contributed by atoms with Crippen molar-refractivity contribution in [3.63, 3.8) is 0 Å². The van der Waals surface area contributed by atoms with E-state index < -0.39 is 0 Å². The first-order valence-electron chi connectivity index (χ1n) is 8.93. The number of para-hydroxylation sites is 1. The number of hydrogen-bond acceptors (Lipinski definition) is 7. The molecule has 3 rings (SSSR count). The molecule has 0 fully saturated rings. The first-order valence-corrected chi connectivity index (χ1v) is 11.6. The van der Waals surface area contributed by atoms with Crippen molar-refractivity contribution in [1.82, 2.24) is 10.2 Å². The fourth-order valence-corrected chi connectivity index (χ4v) is 5.43. The van der Waals surface area contributed by atoms with Crippen LogP contribution in [0.5, 0.6) is 0 Å². The van der Waals surface area contributed by atoms with Gasteiger partial charge in [-0.15, -0.1) is 22.0 Å². The molecule has 5 nitrogen and oxygen atoms in total.